The minimum atomic E-state index is -0.489. The summed E-state index contributed by atoms with van der Waals surface area (Å²) in [7, 11) is 0. The summed E-state index contributed by atoms with van der Waals surface area (Å²) in [5.41, 5.74) is 1.02. The second-order valence-corrected chi connectivity index (χ2v) is 4.95. The maximum Gasteiger partial charge on any atom is 0.251 e. The summed E-state index contributed by atoms with van der Waals surface area (Å²) in [5.74, 6) is -0.729. The number of carbonyl (C=O) groups excluding carboxylic acids is 1. The van der Waals surface area contributed by atoms with E-state index in [-0.39, 0.29) is 11.9 Å². The van der Waals surface area contributed by atoms with Gasteiger partial charge >= 0.3 is 0 Å². The lowest BCUT2D eigenvalue weighted by Crippen LogP contribution is -2.45. The van der Waals surface area contributed by atoms with Crippen molar-refractivity contribution in [3.63, 3.8) is 0 Å². The summed E-state index contributed by atoms with van der Waals surface area (Å²) in [6.45, 7) is 1.75. The van der Waals surface area contributed by atoms with Crippen LogP contribution in [0.5, 0.6) is 0 Å². The van der Waals surface area contributed by atoms with E-state index in [2.05, 4.69) is 5.32 Å². The first-order valence-corrected chi connectivity index (χ1v) is 6.32. The van der Waals surface area contributed by atoms with Gasteiger partial charge in [-0.15, -0.1) is 0 Å². The molecule has 0 bridgehead atoms. The zero-order valence-corrected chi connectivity index (χ0v) is 10.4. The molecular formula is C14H18FNO2. The van der Waals surface area contributed by atoms with Crippen molar-refractivity contribution in [1.29, 1.82) is 0 Å². The number of benzene rings is 1. The third-order valence-electron chi connectivity index (χ3n) is 3.35. The fraction of sp³-hybridized carbons (Fsp3) is 0.500. The first-order valence-electron chi connectivity index (χ1n) is 6.32. The van der Waals surface area contributed by atoms with Gasteiger partial charge in [0.2, 0.25) is 0 Å². The quantitative estimate of drug-likeness (QED) is 0.846. The maximum absolute atomic E-state index is 13.2. The smallest absolute Gasteiger partial charge is 0.251 e. The van der Waals surface area contributed by atoms with E-state index in [1.807, 2.05) is 0 Å². The Morgan fingerprint density at radius 3 is 2.72 bits per heavy atom. The lowest BCUT2D eigenvalue weighted by atomic mass is 9.92. The molecule has 2 atom stereocenters. The van der Waals surface area contributed by atoms with E-state index in [0.29, 0.717) is 17.5 Å². The van der Waals surface area contributed by atoms with Crippen LogP contribution in [0.1, 0.15) is 41.6 Å². The minimum absolute atomic E-state index is 0.213. The van der Waals surface area contributed by atoms with Crippen LogP contribution in [-0.2, 0) is 0 Å². The molecule has 0 unspecified atom stereocenters. The molecule has 4 heteroatoms. The van der Waals surface area contributed by atoms with Crippen LogP contribution in [0, 0.1) is 12.7 Å². The fourth-order valence-corrected chi connectivity index (χ4v) is 2.40. The van der Waals surface area contributed by atoms with Gasteiger partial charge in [0.05, 0.1) is 12.1 Å². The molecule has 98 valence electrons. The van der Waals surface area contributed by atoms with Gasteiger partial charge in [-0.2, -0.15) is 0 Å². The molecule has 1 fully saturated rings. The van der Waals surface area contributed by atoms with Gasteiger partial charge in [-0.1, -0.05) is 12.8 Å². The molecule has 0 spiro atoms. The largest absolute Gasteiger partial charge is 0.391 e. The lowest BCUT2D eigenvalue weighted by molar-refractivity contribution is 0.0717. The van der Waals surface area contributed by atoms with E-state index in [9.17, 15) is 14.3 Å². The monoisotopic (exact) mass is 251 g/mol. The standard InChI is InChI=1S/C14H18FNO2/c1-9-6-10(8-11(15)7-9)14(18)16-12-4-2-3-5-13(12)17/h6-8,12-13,17H,2-5H2,1H3,(H,16,18)/t12-,13-/m1/s1. The molecule has 1 saturated carbocycles. The number of rotatable bonds is 2. The van der Waals surface area contributed by atoms with Gasteiger partial charge in [-0.3, -0.25) is 4.79 Å². The van der Waals surface area contributed by atoms with Crippen LogP contribution >= 0.6 is 0 Å². The Hall–Kier alpha value is -1.42. The van der Waals surface area contributed by atoms with Crippen LogP contribution in [0.3, 0.4) is 0 Å². The zero-order chi connectivity index (χ0) is 13.1. The average Bonchev–Trinajstić information content (AvgIpc) is 2.31. The molecule has 0 saturated heterocycles. The first-order chi connectivity index (χ1) is 8.56. The Kier molecular flexibility index (Phi) is 3.97. The molecule has 0 radical (unpaired) electrons. The molecule has 1 aromatic carbocycles. The van der Waals surface area contributed by atoms with Gasteiger partial charge in [0.15, 0.2) is 0 Å². The Balaban J connectivity index is 2.06. The zero-order valence-electron chi connectivity index (χ0n) is 10.4. The van der Waals surface area contributed by atoms with Crippen molar-refractivity contribution < 1.29 is 14.3 Å². The number of hydrogen-bond acceptors (Lipinski definition) is 2. The average molecular weight is 251 g/mol. The highest BCUT2D eigenvalue weighted by atomic mass is 19.1. The Bertz CT molecular complexity index is 427. The fourth-order valence-electron chi connectivity index (χ4n) is 2.40. The second-order valence-electron chi connectivity index (χ2n) is 4.95. The summed E-state index contributed by atoms with van der Waals surface area (Å²) >= 11 is 0. The van der Waals surface area contributed by atoms with Crippen molar-refractivity contribution >= 4 is 5.91 Å². The van der Waals surface area contributed by atoms with Gasteiger partial charge in [0.25, 0.3) is 5.91 Å². The van der Waals surface area contributed by atoms with Crippen LogP contribution in [-0.4, -0.2) is 23.2 Å². The first kappa shape index (κ1) is 13.0. The number of aliphatic hydroxyl groups excluding tert-OH is 1. The van der Waals surface area contributed by atoms with Crippen LogP contribution in [0.2, 0.25) is 0 Å². The minimum Gasteiger partial charge on any atom is -0.391 e. The number of carbonyl (C=O) groups is 1. The molecule has 3 nitrogen and oxygen atoms in total. The molecule has 1 aromatic rings. The topological polar surface area (TPSA) is 49.3 Å². The number of aliphatic hydroxyl groups is 1. The highest BCUT2D eigenvalue weighted by molar-refractivity contribution is 5.94. The molecule has 1 amide bonds. The summed E-state index contributed by atoms with van der Waals surface area (Å²) in [6, 6.07) is 4.03. The van der Waals surface area contributed by atoms with Gasteiger partial charge < -0.3 is 10.4 Å². The summed E-state index contributed by atoms with van der Waals surface area (Å²) in [6.07, 6.45) is 3.00. The predicted molar refractivity (Wildman–Crippen MR) is 66.9 cm³/mol. The molecule has 0 aliphatic heterocycles. The van der Waals surface area contributed by atoms with Crippen LogP contribution in [0.25, 0.3) is 0 Å². The predicted octanol–water partition coefficient (Wildman–Crippen LogP) is 2.17. The Morgan fingerprint density at radius 1 is 1.33 bits per heavy atom. The summed E-state index contributed by atoms with van der Waals surface area (Å²) in [5, 5.41) is 12.6. The third-order valence-corrected chi connectivity index (χ3v) is 3.35. The van der Waals surface area contributed by atoms with Gasteiger partial charge in [-0.05, 0) is 43.5 Å². The van der Waals surface area contributed by atoms with Crippen LogP contribution in [0.4, 0.5) is 4.39 Å². The number of aryl methyl sites for hydroxylation is 1. The highest BCUT2D eigenvalue weighted by Crippen LogP contribution is 2.19. The summed E-state index contributed by atoms with van der Waals surface area (Å²) < 4.78 is 13.2. The van der Waals surface area contributed by atoms with E-state index in [4.69, 9.17) is 0 Å². The van der Waals surface area contributed by atoms with Crippen molar-refractivity contribution in [3.05, 3.63) is 35.1 Å². The lowest BCUT2D eigenvalue weighted by Gasteiger charge is -2.28. The Labute approximate surface area is 106 Å². The van der Waals surface area contributed by atoms with E-state index < -0.39 is 11.9 Å². The van der Waals surface area contributed by atoms with E-state index >= 15 is 0 Å². The molecular weight excluding hydrogens is 233 g/mol. The van der Waals surface area contributed by atoms with Crippen molar-refractivity contribution in [1.82, 2.24) is 5.32 Å². The number of amides is 1. The number of nitrogens with one attached hydrogen (secondary N) is 1. The normalized spacial score (nSPS) is 23.7. The molecule has 1 aliphatic carbocycles. The SMILES string of the molecule is Cc1cc(F)cc(C(=O)N[C@@H]2CCCC[C@H]2O)c1. The molecule has 0 heterocycles. The summed E-state index contributed by atoms with van der Waals surface area (Å²) in [4.78, 5) is 12.0. The van der Waals surface area contributed by atoms with Crippen molar-refractivity contribution in [2.75, 3.05) is 0 Å². The Morgan fingerprint density at radius 2 is 2.06 bits per heavy atom. The van der Waals surface area contributed by atoms with Gasteiger partial charge in [0, 0.05) is 5.56 Å². The van der Waals surface area contributed by atoms with E-state index in [0.717, 1.165) is 19.3 Å². The number of halogens is 1. The van der Waals surface area contributed by atoms with Gasteiger partial charge in [-0.25, -0.2) is 4.39 Å². The molecule has 1 aliphatic rings. The van der Waals surface area contributed by atoms with E-state index in [1.165, 1.54) is 12.1 Å². The maximum atomic E-state index is 13.2. The van der Waals surface area contributed by atoms with E-state index in [1.54, 1.807) is 13.0 Å². The highest BCUT2D eigenvalue weighted by Gasteiger charge is 2.24. The molecule has 0 aromatic heterocycles. The van der Waals surface area contributed by atoms with Crippen molar-refractivity contribution in [3.8, 4) is 0 Å². The van der Waals surface area contributed by atoms with Crippen molar-refractivity contribution in [2.45, 2.75) is 44.8 Å². The van der Waals surface area contributed by atoms with Gasteiger partial charge in [0.1, 0.15) is 5.82 Å². The second kappa shape index (κ2) is 5.48. The molecule has 2 N–H and O–H groups in total. The number of hydrogen-bond donors (Lipinski definition) is 2. The van der Waals surface area contributed by atoms with Crippen molar-refractivity contribution in [2.24, 2.45) is 0 Å². The molecule has 2 rings (SSSR count). The van der Waals surface area contributed by atoms with Crippen LogP contribution < -0.4 is 5.32 Å². The third kappa shape index (κ3) is 3.07. The molecule has 18 heavy (non-hydrogen) atoms. The van der Waals surface area contributed by atoms with Crippen LogP contribution in [0.15, 0.2) is 18.2 Å².